The van der Waals surface area contributed by atoms with Crippen molar-refractivity contribution in [2.75, 3.05) is 13.1 Å². The molecule has 3 atom stereocenters. The fraction of sp³-hybridized carbons (Fsp3) is 0.556. The van der Waals surface area contributed by atoms with Crippen LogP contribution in [-0.4, -0.2) is 50.7 Å². The van der Waals surface area contributed by atoms with Crippen molar-refractivity contribution < 1.29 is 4.79 Å². The van der Waals surface area contributed by atoms with E-state index in [0.29, 0.717) is 12.0 Å². The number of hydrogen-bond donors (Lipinski definition) is 0. The molecule has 0 bridgehead atoms. The van der Waals surface area contributed by atoms with Crippen molar-refractivity contribution in [2.45, 2.75) is 44.9 Å². The van der Waals surface area contributed by atoms with E-state index in [2.05, 4.69) is 31.7 Å². The minimum Gasteiger partial charge on any atom is -0.335 e. The molecule has 2 aliphatic rings. The molecule has 0 aliphatic carbocycles. The molecule has 2 fully saturated rings. The van der Waals surface area contributed by atoms with Gasteiger partial charge in [0, 0.05) is 45.0 Å². The molecule has 4 rings (SSSR count). The molecule has 2 saturated heterocycles. The quantitative estimate of drug-likeness (QED) is 0.855. The molecule has 24 heavy (non-hydrogen) atoms. The van der Waals surface area contributed by atoms with Crippen LogP contribution in [0.3, 0.4) is 0 Å². The Hall–Kier alpha value is -1.66. The minimum absolute atomic E-state index is 0.214. The third-order valence-electron chi connectivity index (χ3n) is 5.41. The van der Waals surface area contributed by atoms with E-state index in [9.17, 15) is 4.79 Å². The number of thiophene rings is 1. The number of amides is 1. The van der Waals surface area contributed by atoms with Gasteiger partial charge in [-0.3, -0.25) is 14.4 Å². The van der Waals surface area contributed by atoms with Gasteiger partial charge in [-0.2, -0.15) is 16.4 Å². The molecule has 2 aromatic rings. The summed E-state index contributed by atoms with van der Waals surface area (Å²) in [6.07, 6.45) is 5.97. The Balaban J connectivity index is 1.45. The molecule has 0 aromatic carbocycles. The van der Waals surface area contributed by atoms with E-state index in [1.807, 2.05) is 23.1 Å². The molecule has 5 nitrogen and oxygen atoms in total. The van der Waals surface area contributed by atoms with Crippen LogP contribution in [-0.2, 0) is 17.9 Å². The number of carbonyl (C=O) groups excluding carboxylic acids is 1. The van der Waals surface area contributed by atoms with Crippen LogP contribution < -0.4 is 0 Å². The van der Waals surface area contributed by atoms with Crippen LogP contribution in [0.2, 0.25) is 0 Å². The Morgan fingerprint density at radius 2 is 2.38 bits per heavy atom. The molecule has 2 aromatic heterocycles. The number of fused-ring (bicyclic) bond motifs is 1. The molecule has 1 unspecified atom stereocenters. The summed E-state index contributed by atoms with van der Waals surface area (Å²) in [6, 6.07) is 4.84. The maximum atomic E-state index is 12.3. The second-order valence-electron chi connectivity index (χ2n) is 7.03. The summed E-state index contributed by atoms with van der Waals surface area (Å²) in [6.45, 7) is 5.74. The van der Waals surface area contributed by atoms with Crippen molar-refractivity contribution in [3.8, 4) is 0 Å². The Morgan fingerprint density at radius 3 is 3.08 bits per heavy atom. The smallest absolute Gasteiger partial charge is 0.220 e. The fourth-order valence-corrected chi connectivity index (χ4v) is 5.15. The SMILES string of the molecule is CC(=O)N1C(Cn2cccn2)C[C@@H]2CN(Cc3ccsc3)CC[C@@H]21. The van der Waals surface area contributed by atoms with E-state index in [1.54, 1.807) is 18.3 Å². The largest absolute Gasteiger partial charge is 0.335 e. The topological polar surface area (TPSA) is 41.4 Å². The average Bonchev–Trinajstić information content (AvgIpc) is 3.27. The number of piperidine rings is 1. The van der Waals surface area contributed by atoms with E-state index in [-0.39, 0.29) is 11.9 Å². The maximum Gasteiger partial charge on any atom is 0.220 e. The molecular formula is C18H24N4OS. The molecule has 0 radical (unpaired) electrons. The predicted octanol–water partition coefficient (Wildman–Crippen LogP) is 2.46. The zero-order valence-electron chi connectivity index (χ0n) is 14.0. The van der Waals surface area contributed by atoms with Crippen LogP contribution in [0.5, 0.6) is 0 Å². The second-order valence-corrected chi connectivity index (χ2v) is 7.81. The van der Waals surface area contributed by atoms with Crippen molar-refractivity contribution in [2.24, 2.45) is 5.92 Å². The Kier molecular flexibility index (Phi) is 4.41. The summed E-state index contributed by atoms with van der Waals surface area (Å²) in [7, 11) is 0. The Bertz CT molecular complexity index is 669. The second kappa shape index (κ2) is 6.69. The van der Waals surface area contributed by atoms with Gasteiger partial charge in [-0.25, -0.2) is 0 Å². The highest BCUT2D eigenvalue weighted by Crippen LogP contribution is 2.36. The van der Waals surface area contributed by atoms with Crippen molar-refractivity contribution in [1.29, 1.82) is 0 Å². The van der Waals surface area contributed by atoms with Crippen LogP contribution in [0.1, 0.15) is 25.3 Å². The fourth-order valence-electron chi connectivity index (χ4n) is 4.49. The summed E-state index contributed by atoms with van der Waals surface area (Å²) in [5.74, 6) is 0.799. The lowest BCUT2D eigenvalue weighted by molar-refractivity contribution is -0.133. The Morgan fingerprint density at radius 1 is 1.46 bits per heavy atom. The molecule has 128 valence electrons. The van der Waals surface area contributed by atoms with Gasteiger partial charge in [0.15, 0.2) is 0 Å². The summed E-state index contributed by atoms with van der Waals surface area (Å²) in [5.41, 5.74) is 1.41. The first-order chi connectivity index (χ1) is 11.7. The van der Waals surface area contributed by atoms with E-state index >= 15 is 0 Å². The first-order valence-electron chi connectivity index (χ1n) is 8.70. The van der Waals surface area contributed by atoms with Crippen molar-refractivity contribution in [3.05, 3.63) is 40.8 Å². The third kappa shape index (κ3) is 3.13. The van der Waals surface area contributed by atoms with Gasteiger partial charge in [0.2, 0.25) is 5.91 Å². The normalized spacial score (nSPS) is 27.4. The van der Waals surface area contributed by atoms with Gasteiger partial charge in [-0.05, 0) is 47.2 Å². The van der Waals surface area contributed by atoms with Crippen molar-refractivity contribution in [1.82, 2.24) is 19.6 Å². The number of aromatic nitrogens is 2. The standard InChI is InChI=1S/C18H24N4OS/c1-14(23)22-17(12-21-6-2-5-19-21)9-16-11-20(7-3-18(16)22)10-15-4-8-24-13-15/h2,4-6,8,13,16-18H,3,7,9-12H2,1H3/t16-,17?,18+/m1/s1. The van der Waals surface area contributed by atoms with E-state index < -0.39 is 0 Å². The van der Waals surface area contributed by atoms with Crippen LogP contribution >= 0.6 is 11.3 Å². The number of hydrogen-bond acceptors (Lipinski definition) is 4. The van der Waals surface area contributed by atoms with Crippen LogP contribution in [0, 0.1) is 5.92 Å². The number of nitrogens with zero attached hydrogens (tertiary/aromatic N) is 4. The van der Waals surface area contributed by atoms with Crippen LogP contribution in [0.4, 0.5) is 0 Å². The van der Waals surface area contributed by atoms with Gasteiger partial charge in [-0.1, -0.05) is 0 Å². The molecule has 1 amide bonds. The zero-order valence-corrected chi connectivity index (χ0v) is 14.9. The highest BCUT2D eigenvalue weighted by molar-refractivity contribution is 7.07. The monoisotopic (exact) mass is 344 g/mol. The van der Waals surface area contributed by atoms with E-state index in [4.69, 9.17) is 0 Å². The lowest BCUT2D eigenvalue weighted by atomic mass is 9.92. The number of rotatable bonds is 4. The molecule has 0 N–H and O–H groups in total. The van der Waals surface area contributed by atoms with E-state index in [1.165, 1.54) is 5.56 Å². The van der Waals surface area contributed by atoms with Gasteiger partial charge >= 0.3 is 0 Å². The number of carbonyl (C=O) groups is 1. The summed E-state index contributed by atoms with van der Waals surface area (Å²) >= 11 is 1.77. The first kappa shape index (κ1) is 15.8. The highest BCUT2D eigenvalue weighted by atomic mass is 32.1. The summed E-state index contributed by atoms with van der Waals surface area (Å²) in [4.78, 5) is 17.0. The molecule has 6 heteroatoms. The van der Waals surface area contributed by atoms with E-state index in [0.717, 1.165) is 39.0 Å². The molecule has 0 saturated carbocycles. The van der Waals surface area contributed by atoms with Crippen LogP contribution in [0.25, 0.3) is 0 Å². The Labute approximate surface area is 146 Å². The van der Waals surface area contributed by atoms with Gasteiger partial charge in [0.05, 0.1) is 12.6 Å². The minimum atomic E-state index is 0.214. The predicted molar refractivity (Wildman–Crippen MR) is 94.6 cm³/mol. The van der Waals surface area contributed by atoms with Crippen molar-refractivity contribution in [3.63, 3.8) is 0 Å². The molecule has 0 spiro atoms. The molecule has 2 aliphatic heterocycles. The third-order valence-corrected chi connectivity index (χ3v) is 6.14. The average molecular weight is 344 g/mol. The van der Waals surface area contributed by atoms with Gasteiger partial charge < -0.3 is 4.90 Å². The van der Waals surface area contributed by atoms with Crippen LogP contribution in [0.15, 0.2) is 35.3 Å². The lowest BCUT2D eigenvalue weighted by Crippen LogP contribution is -2.48. The highest BCUT2D eigenvalue weighted by Gasteiger charge is 2.45. The lowest BCUT2D eigenvalue weighted by Gasteiger charge is -2.38. The summed E-state index contributed by atoms with van der Waals surface area (Å²) in [5, 5.41) is 8.71. The van der Waals surface area contributed by atoms with Gasteiger partial charge in [0.1, 0.15) is 0 Å². The zero-order chi connectivity index (χ0) is 16.5. The van der Waals surface area contributed by atoms with Crippen molar-refractivity contribution >= 4 is 17.2 Å². The molecular weight excluding hydrogens is 320 g/mol. The number of likely N-dealkylation sites (tertiary alicyclic amines) is 2. The first-order valence-corrected chi connectivity index (χ1v) is 9.65. The van der Waals surface area contributed by atoms with Gasteiger partial charge in [-0.15, -0.1) is 0 Å². The maximum absolute atomic E-state index is 12.3. The molecule has 4 heterocycles. The summed E-state index contributed by atoms with van der Waals surface area (Å²) < 4.78 is 1.96. The van der Waals surface area contributed by atoms with Gasteiger partial charge in [0.25, 0.3) is 0 Å².